The molecule has 20 heavy (non-hydrogen) atoms. The van der Waals surface area contributed by atoms with E-state index in [9.17, 15) is 9.59 Å². The summed E-state index contributed by atoms with van der Waals surface area (Å²) in [6.45, 7) is 0.834. The number of hydrogen-bond donors (Lipinski definition) is 3. The Balaban J connectivity index is 1.68. The molecule has 0 spiro atoms. The summed E-state index contributed by atoms with van der Waals surface area (Å²) in [4.78, 5) is 22.7. The first-order chi connectivity index (χ1) is 9.67. The van der Waals surface area contributed by atoms with Gasteiger partial charge in [-0.25, -0.2) is 0 Å². The van der Waals surface area contributed by atoms with Gasteiger partial charge in [0.25, 0.3) is 0 Å². The minimum absolute atomic E-state index is 0.0829. The average Bonchev–Trinajstić information content (AvgIpc) is 2.85. The Labute approximate surface area is 117 Å². The van der Waals surface area contributed by atoms with Gasteiger partial charge in [-0.1, -0.05) is 0 Å². The van der Waals surface area contributed by atoms with E-state index in [1.165, 1.54) is 0 Å². The van der Waals surface area contributed by atoms with E-state index in [0.717, 1.165) is 17.9 Å². The van der Waals surface area contributed by atoms with Crippen molar-refractivity contribution in [2.75, 3.05) is 25.5 Å². The van der Waals surface area contributed by atoms with Crippen LogP contribution in [0, 0.1) is 0 Å². The van der Waals surface area contributed by atoms with Crippen LogP contribution in [0.2, 0.25) is 0 Å². The van der Waals surface area contributed by atoms with Gasteiger partial charge in [0, 0.05) is 24.7 Å². The van der Waals surface area contributed by atoms with E-state index in [1.54, 1.807) is 31.4 Å². The lowest BCUT2D eigenvalue weighted by molar-refractivity contribution is -0.119. The van der Waals surface area contributed by atoms with Crippen LogP contribution in [-0.2, 0) is 9.59 Å². The Bertz CT molecular complexity index is 473. The molecule has 0 bridgehead atoms. The number of benzene rings is 1. The fraction of sp³-hybridized carbons (Fsp3) is 0.429. The van der Waals surface area contributed by atoms with Gasteiger partial charge in [-0.3, -0.25) is 9.59 Å². The number of anilines is 1. The summed E-state index contributed by atoms with van der Waals surface area (Å²) in [7, 11) is 1.60. The van der Waals surface area contributed by atoms with Gasteiger partial charge in [0.1, 0.15) is 5.75 Å². The summed E-state index contributed by atoms with van der Waals surface area (Å²) in [5, 5.41) is 8.66. The number of hydrogen-bond acceptors (Lipinski definition) is 4. The molecule has 108 valence electrons. The van der Waals surface area contributed by atoms with Crippen LogP contribution in [-0.4, -0.2) is 38.1 Å². The monoisotopic (exact) mass is 277 g/mol. The average molecular weight is 277 g/mol. The molecule has 1 aliphatic rings. The second-order valence-corrected chi connectivity index (χ2v) is 4.71. The molecule has 2 amide bonds. The molecule has 1 aromatic rings. The van der Waals surface area contributed by atoms with Gasteiger partial charge in [-0.2, -0.15) is 0 Å². The van der Waals surface area contributed by atoms with Gasteiger partial charge < -0.3 is 20.7 Å². The first-order valence-electron chi connectivity index (χ1n) is 6.61. The lowest BCUT2D eigenvalue weighted by Gasteiger charge is -2.11. The first-order valence-corrected chi connectivity index (χ1v) is 6.61. The van der Waals surface area contributed by atoms with E-state index in [4.69, 9.17) is 4.74 Å². The number of rotatable bonds is 6. The van der Waals surface area contributed by atoms with Gasteiger partial charge in [-0.15, -0.1) is 0 Å². The molecule has 6 heteroatoms. The molecule has 0 aliphatic carbocycles. The van der Waals surface area contributed by atoms with Gasteiger partial charge >= 0.3 is 0 Å². The van der Waals surface area contributed by atoms with E-state index in [-0.39, 0.29) is 24.4 Å². The number of carbonyl (C=O) groups excluding carboxylic acids is 2. The maximum Gasteiger partial charge on any atom is 0.238 e. The highest BCUT2D eigenvalue weighted by Gasteiger charge is 2.20. The number of methoxy groups -OCH3 is 1. The maximum absolute atomic E-state index is 11.7. The van der Waals surface area contributed by atoms with Gasteiger partial charge in [-0.05, 0) is 30.7 Å². The molecule has 3 N–H and O–H groups in total. The fourth-order valence-corrected chi connectivity index (χ4v) is 2.07. The lowest BCUT2D eigenvalue weighted by atomic mass is 10.2. The summed E-state index contributed by atoms with van der Waals surface area (Å²) in [6, 6.07) is 7.28. The number of amides is 2. The van der Waals surface area contributed by atoms with E-state index in [0.29, 0.717) is 13.0 Å². The van der Waals surface area contributed by atoms with Crippen molar-refractivity contribution in [1.29, 1.82) is 0 Å². The lowest BCUT2D eigenvalue weighted by Crippen LogP contribution is -2.38. The Kier molecular flexibility index (Phi) is 4.95. The SMILES string of the molecule is COc1ccc(NC(=O)CNCC2CCC(=O)N2)cc1. The van der Waals surface area contributed by atoms with Crippen LogP contribution >= 0.6 is 0 Å². The van der Waals surface area contributed by atoms with Crippen molar-refractivity contribution in [2.45, 2.75) is 18.9 Å². The Hall–Kier alpha value is -2.08. The molecule has 1 aliphatic heterocycles. The maximum atomic E-state index is 11.7. The summed E-state index contributed by atoms with van der Waals surface area (Å²) >= 11 is 0. The highest BCUT2D eigenvalue weighted by molar-refractivity contribution is 5.92. The molecule has 0 saturated carbocycles. The minimum atomic E-state index is -0.112. The van der Waals surface area contributed by atoms with Crippen molar-refractivity contribution in [3.63, 3.8) is 0 Å². The minimum Gasteiger partial charge on any atom is -0.497 e. The van der Waals surface area contributed by atoms with Gasteiger partial charge in [0.15, 0.2) is 0 Å². The van der Waals surface area contributed by atoms with Gasteiger partial charge in [0.2, 0.25) is 11.8 Å². The normalized spacial score (nSPS) is 17.6. The summed E-state index contributed by atoms with van der Waals surface area (Å²) < 4.78 is 5.05. The van der Waals surface area contributed by atoms with Crippen LogP contribution in [0.25, 0.3) is 0 Å². The molecule has 1 aromatic carbocycles. The zero-order valence-corrected chi connectivity index (χ0v) is 11.4. The number of ether oxygens (including phenoxy) is 1. The molecule has 1 unspecified atom stereocenters. The molecule has 6 nitrogen and oxygen atoms in total. The van der Waals surface area contributed by atoms with Crippen LogP contribution in [0.4, 0.5) is 5.69 Å². The Morgan fingerprint density at radius 1 is 1.40 bits per heavy atom. The molecular weight excluding hydrogens is 258 g/mol. The largest absolute Gasteiger partial charge is 0.497 e. The molecule has 1 fully saturated rings. The van der Waals surface area contributed by atoms with E-state index < -0.39 is 0 Å². The van der Waals surface area contributed by atoms with Crippen LogP contribution in [0.5, 0.6) is 5.75 Å². The van der Waals surface area contributed by atoms with Crippen LogP contribution < -0.4 is 20.7 Å². The van der Waals surface area contributed by atoms with Crippen LogP contribution in [0.1, 0.15) is 12.8 Å². The third-order valence-electron chi connectivity index (χ3n) is 3.14. The van der Waals surface area contributed by atoms with Crippen molar-refractivity contribution >= 4 is 17.5 Å². The summed E-state index contributed by atoms with van der Waals surface area (Å²) in [5.74, 6) is 0.720. The van der Waals surface area contributed by atoms with Crippen molar-refractivity contribution in [2.24, 2.45) is 0 Å². The topological polar surface area (TPSA) is 79.5 Å². The molecule has 1 saturated heterocycles. The Morgan fingerprint density at radius 3 is 2.75 bits per heavy atom. The van der Waals surface area contributed by atoms with E-state index >= 15 is 0 Å². The van der Waals surface area contributed by atoms with Crippen molar-refractivity contribution < 1.29 is 14.3 Å². The molecule has 0 aromatic heterocycles. The van der Waals surface area contributed by atoms with Crippen LogP contribution in [0.3, 0.4) is 0 Å². The number of nitrogens with one attached hydrogen (secondary N) is 3. The zero-order valence-electron chi connectivity index (χ0n) is 11.4. The fourth-order valence-electron chi connectivity index (χ4n) is 2.07. The van der Waals surface area contributed by atoms with Crippen molar-refractivity contribution in [1.82, 2.24) is 10.6 Å². The molecular formula is C14H19N3O3. The van der Waals surface area contributed by atoms with Gasteiger partial charge in [0.05, 0.1) is 13.7 Å². The van der Waals surface area contributed by atoms with Crippen molar-refractivity contribution in [3.8, 4) is 5.75 Å². The predicted octanol–water partition coefficient (Wildman–Crippen LogP) is 0.502. The molecule has 1 heterocycles. The molecule has 0 radical (unpaired) electrons. The van der Waals surface area contributed by atoms with Crippen LogP contribution in [0.15, 0.2) is 24.3 Å². The summed E-state index contributed by atoms with van der Waals surface area (Å²) in [6.07, 6.45) is 1.40. The number of carbonyl (C=O) groups is 2. The van der Waals surface area contributed by atoms with Crippen molar-refractivity contribution in [3.05, 3.63) is 24.3 Å². The highest BCUT2D eigenvalue weighted by Crippen LogP contribution is 2.14. The standard InChI is InChI=1S/C14H19N3O3/c1-20-12-5-2-10(3-6-12)16-14(19)9-15-8-11-4-7-13(18)17-11/h2-3,5-6,11,15H,4,7-9H2,1H3,(H,16,19)(H,17,18). The first kappa shape index (κ1) is 14.3. The summed E-state index contributed by atoms with van der Waals surface area (Å²) in [5.41, 5.74) is 0.728. The predicted molar refractivity (Wildman–Crippen MR) is 75.7 cm³/mol. The third-order valence-corrected chi connectivity index (χ3v) is 3.14. The van der Waals surface area contributed by atoms with E-state index in [2.05, 4.69) is 16.0 Å². The van der Waals surface area contributed by atoms with E-state index in [1.807, 2.05) is 0 Å². The molecule has 2 rings (SSSR count). The highest BCUT2D eigenvalue weighted by atomic mass is 16.5. The smallest absolute Gasteiger partial charge is 0.238 e. The quantitative estimate of drug-likeness (QED) is 0.707. The molecule has 1 atom stereocenters. The zero-order chi connectivity index (χ0) is 14.4. The second-order valence-electron chi connectivity index (χ2n) is 4.71. The Morgan fingerprint density at radius 2 is 2.15 bits per heavy atom. The second kappa shape index (κ2) is 6.91. The third kappa shape index (κ3) is 4.24.